The maximum atomic E-state index is 14.7. The Morgan fingerprint density at radius 2 is 1.38 bits per heavy atom. The largest absolute Gasteiger partial charge is 0.432 e. The van der Waals surface area contributed by atoms with E-state index in [1.54, 1.807) is 0 Å². The molecule has 1 unspecified atom stereocenters. The van der Waals surface area contributed by atoms with Crippen LogP contribution in [0.2, 0.25) is 0 Å². The molecule has 17 heteroatoms. The Bertz CT molecular complexity index is 1720. The number of hydrogen-bond acceptors (Lipinski definition) is 17. The van der Waals surface area contributed by atoms with Gasteiger partial charge in [-0.15, -0.1) is 0 Å². The number of rotatable bonds is 9. The van der Waals surface area contributed by atoms with Crippen molar-refractivity contribution >= 4 is 5.97 Å². The maximum Gasteiger partial charge on any atom is 0.314 e. The third-order valence-corrected chi connectivity index (χ3v) is 19.5. The smallest absolute Gasteiger partial charge is 0.314 e. The highest BCUT2D eigenvalue weighted by Gasteiger charge is 2.73. The molecular formula is C47H76O17. The molecule has 0 aromatic carbocycles. The van der Waals surface area contributed by atoms with Crippen LogP contribution in [0.3, 0.4) is 0 Å². The second-order valence-corrected chi connectivity index (χ2v) is 22.3. The van der Waals surface area contributed by atoms with Gasteiger partial charge in [-0.1, -0.05) is 39.8 Å². The monoisotopic (exact) mass is 913 g/mol. The van der Waals surface area contributed by atoms with E-state index in [4.69, 9.17) is 28.4 Å². The van der Waals surface area contributed by atoms with Gasteiger partial charge in [0.2, 0.25) is 6.29 Å². The van der Waals surface area contributed by atoms with Crippen molar-refractivity contribution in [3.8, 4) is 0 Å². The Balaban J connectivity index is 1.03. The van der Waals surface area contributed by atoms with E-state index in [1.807, 2.05) is 6.92 Å². The highest BCUT2D eigenvalue weighted by atomic mass is 16.8. The van der Waals surface area contributed by atoms with E-state index >= 15 is 0 Å². The first-order chi connectivity index (χ1) is 30.0. The van der Waals surface area contributed by atoms with Crippen molar-refractivity contribution in [3.05, 3.63) is 12.2 Å². The summed E-state index contributed by atoms with van der Waals surface area (Å²) in [6, 6.07) is 0. The quantitative estimate of drug-likeness (QED) is 0.0864. The molecule has 0 aromatic heterocycles. The summed E-state index contributed by atoms with van der Waals surface area (Å²) in [5.41, 5.74) is -1.18. The van der Waals surface area contributed by atoms with Crippen molar-refractivity contribution in [1.29, 1.82) is 0 Å². The molecule has 0 aromatic rings. The molecule has 0 amide bonds. The highest BCUT2D eigenvalue weighted by molar-refractivity contribution is 5.78. The van der Waals surface area contributed by atoms with Crippen molar-refractivity contribution in [3.63, 3.8) is 0 Å². The molecule has 25 atom stereocenters. The summed E-state index contributed by atoms with van der Waals surface area (Å²) < 4.78 is 36.1. The van der Waals surface area contributed by atoms with E-state index in [1.165, 1.54) is 6.92 Å². The van der Waals surface area contributed by atoms with Gasteiger partial charge in [0, 0.05) is 5.41 Å². The molecule has 8 aliphatic rings. The van der Waals surface area contributed by atoms with Crippen molar-refractivity contribution in [1.82, 2.24) is 0 Å². The average Bonchev–Trinajstić information content (AvgIpc) is 3.67. The molecule has 8 fully saturated rings. The maximum absolute atomic E-state index is 14.7. The topological polar surface area (TPSA) is 275 Å². The molecule has 5 aliphatic carbocycles. The number of hydrogen-bond donors (Lipinski definition) is 10. The number of fused-ring (bicyclic) bond motifs is 7. The van der Waals surface area contributed by atoms with Gasteiger partial charge >= 0.3 is 5.97 Å². The van der Waals surface area contributed by atoms with Gasteiger partial charge in [-0.25, -0.2) is 0 Å². The van der Waals surface area contributed by atoms with Crippen LogP contribution in [0.1, 0.15) is 106 Å². The zero-order valence-electron chi connectivity index (χ0n) is 38.3. The van der Waals surface area contributed by atoms with E-state index in [0.29, 0.717) is 19.3 Å². The van der Waals surface area contributed by atoms with E-state index < -0.39 is 116 Å². The first kappa shape index (κ1) is 49.0. The predicted molar refractivity (Wildman–Crippen MR) is 224 cm³/mol. The van der Waals surface area contributed by atoms with Crippen molar-refractivity contribution in [2.75, 3.05) is 19.8 Å². The number of esters is 1. The van der Waals surface area contributed by atoms with Gasteiger partial charge in [-0.05, 0) is 124 Å². The minimum atomic E-state index is -1.69. The van der Waals surface area contributed by atoms with Crippen LogP contribution < -0.4 is 0 Å². The molecule has 3 aliphatic heterocycles. The molecular weight excluding hydrogens is 836 g/mol. The predicted octanol–water partition coefficient (Wildman–Crippen LogP) is 0.636. The highest BCUT2D eigenvalue weighted by Crippen LogP contribution is 2.78. The van der Waals surface area contributed by atoms with Crippen LogP contribution in [0, 0.1) is 56.7 Å². The fourth-order valence-corrected chi connectivity index (χ4v) is 15.6. The third-order valence-electron chi connectivity index (χ3n) is 19.5. The normalized spacial score (nSPS) is 56.2. The molecule has 64 heavy (non-hydrogen) atoms. The molecule has 366 valence electrons. The van der Waals surface area contributed by atoms with Crippen LogP contribution in [-0.4, -0.2) is 169 Å². The number of carbonyl (C=O) groups excluding carboxylic acids is 1. The molecule has 10 N–H and O–H groups in total. The summed E-state index contributed by atoms with van der Waals surface area (Å²) in [5.74, 6) is -0.0961. The SMILES string of the molecule is C=C(C)[C@@H]1CC[C@]2(C(=O)O[C@@H]3O[C@H](CO)[C@@H](O)[C@H](O)[C@H]3O)CC[C@]3(C)[C@H](CC[C@@H]4[C@@]5(C)CC[C@H](O[C@@H]6OC[C@H](O)[C@H](O)[C@H]6O[C@@H]6O[C@@H](C)[C@H](O)[C@@H](O)[C@H]6O)[C@@](C)(CO)[C@@H]5CC[C@]43C)C12. The first-order valence-electron chi connectivity index (χ1n) is 23.8. The number of aliphatic hydroxyl groups is 10. The molecule has 17 nitrogen and oxygen atoms in total. The Morgan fingerprint density at radius 1 is 0.688 bits per heavy atom. The van der Waals surface area contributed by atoms with Gasteiger partial charge in [0.25, 0.3) is 0 Å². The van der Waals surface area contributed by atoms with E-state index in [0.717, 1.165) is 50.5 Å². The third kappa shape index (κ3) is 7.31. The van der Waals surface area contributed by atoms with Crippen LogP contribution in [0.25, 0.3) is 0 Å². The second-order valence-electron chi connectivity index (χ2n) is 22.3. The Morgan fingerprint density at radius 3 is 2.05 bits per heavy atom. The van der Waals surface area contributed by atoms with E-state index in [9.17, 15) is 55.9 Å². The van der Waals surface area contributed by atoms with Crippen molar-refractivity contribution < 1.29 is 84.3 Å². The summed E-state index contributed by atoms with van der Waals surface area (Å²) in [7, 11) is 0. The van der Waals surface area contributed by atoms with Crippen LogP contribution in [0.5, 0.6) is 0 Å². The Labute approximate surface area is 376 Å². The van der Waals surface area contributed by atoms with Gasteiger partial charge in [0.05, 0.1) is 37.4 Å². The van der Waals surface area contributed by atoms with Gasteiger partial charge in [0.15, 0.2) is 12.6 Å². The second kappa shape index (κ2) is 17.5. The molecule has 5 saturated carbocycles. The number of aliphatic hydroxyl groups excluding tert-OH is 10. The lowest BCUT2D eigenvalue weighted by atomic mass is 9.32. The molecule has 0 radical (unpaired) electrons. The Kier molecular flexibility index (Phi) is 13.4. The Hall–Kier alpha value is -1.39. The fourth-order valence-electron chi connectivity index (χ4n) is 15.6. The van der Waals surface area contributed by atoms with Gasteiger partial charge < -0.3 is 79.5 Å². The lowest BCUT2D eigenvalue weighted by molar-refractivity contribution is -0.366. The van der Waals surface area contributed by atoms with Crippen LogP contribution in [0.4, 0.5) is 0 Å². The van der Waals surface area contributed by atoms with Crippen LogP contribution in [-0.2, 0) is 33.2 Å². The van der Waals surface area contributed by atoms with Gasteiger partial charge in [-0.2, -0.15) is 0 Å². The summed E-state index contributed by atoms with van der Waals surface area (Å²) in [6.07, 6.45) is -13.1. The molecule has 3 heterocycles. The average molecular weight is 913 g/mol. The zero-order valence-corrected chi connectivity index (χ0v) is 38.3. The minimum Gasteiger partial charge on any atom is -0.432 e. The molecule has 8 rings (SSSR count). The van der Waals surface area contributed by atoms with Crippen molar-refractivity contribution in [2.45, 2.75) is 198 Å². The zero-order chi connectivity index (χ0) is 46.6. The molecule has 0 bridgehead atoms. The summed E-state index contributed by atoms with van der Waals surface area (Å²) in [4.78, 5) is 14.7. The number of allylic oxidation sites excluding steroid dienone is 1. The van der Waals surface area contributed by atoms with Crippen LogP contribution >= 0.6 is 0 Å². The minimum absolute atomic E-state index is 0.0206. The van der Waals surface area contributed by atoms with Crippen molar-refractivity contribution in [2.24, 2.45) is 56.7 Å². The summed E-state index contributed by atoms with van der Waals surface area (Å²) in [5, 5.41) is 106. The van der Waals surface area contributed by atoms with E-state index in [2.05, 4.69) is 34.3 Å². The molecule has 0 spiro atoms. The summed E-state index contributed by atoms with van der Waals surface area (Å²) >= 11 is 0. The van der Waals surface area contributed by atoms with E-state index in [-0.39, 0.29) is 59.0 Å². The molecule has 3 saturated heterocycles. The lowest BCUT2D eigenvalue weighted by Crippen LogP contribution is -2.68. The fraction of sp³-hybridized carbons (Fsp3) is 0.936. The number of carbonyl (C=O) groups is 1. The number of ether oxygens (including phenoxy) is 6. The standard InChI is InChI=1S/C47H76O17/c1-21(2)23-10-15-47(42(58)64-40-37(57)35(55)33(53)26(18-48)61-40)17-16-45(6)24(30(23)47)8-9-28-43(4)13-12-29(44(5,20-49)27(43)11-14-46(28,45)7)62-41-38(32(52)25(50)19-59-41)63-39-36(56)34(54)31(51)22(3)60-39/h22-41,48-57H,1,8-20H2,2-7H3/t22-,23-,24+,25-,26+,27+,28+,29-,30?,31-,32-,33+,34+,35-,36+,37+,38+,39-,40-,41-,43-,44-,45+,46+,47-/m0/s1. The van der Waals surface area contributed by atoms with Gasteiger partial charge in [-0.3, -0.25) is 4.79 Å². The first-order valence-corrected chi connectivity index (χ1v) is 23.8. The summed E-state index contributed by atoms with van der Waals surface area (Å²) in [6.45, 7) is 16.2. The van der Waals surface area contributed by atoms with Gasteiger partial charge in [0.1, 0.15) is 61.0 Å². The van der Waals surface area contributed by atoms with Crippen LogP contribution in [0.15, 0.2) is 12.2 Å². The lowest BCUT2D eigenvalue weighted by Gasteiger charge is -2.73.